The number of aryl methyl sites for hydroxylation is 1. The van der Waals surface area contributed by atoms with Crippen molar-refractivity contribution < 1.29 is 0 Å². The number of hydrogen-bond donors (Lipinski definition) is 2. The Morgan fingerprint density at radius 1 is 1.25 bits per heavy atom. The van der Waals surface area contributed by atoms with Crippen molar-refractivity contribution in [3.63, 3.8) is 0 Å². The van der Waals surface area contributed by atoms with Crippen LogP contribution in [0.4, 0.5) is 0 Å². The fourth-order valence-electron chi connectivity index (χ4n) is 2.40. The second-order valence-electron chi connectivity index (χ2n) is 5.91. The molecule has 1 atom stereocenters. The van der Waals surface area contributed by atoms with Crippen molar-refractivity contribution in [3.05, 3.63) is 48.0 Å². The third kappa shape index (κ3) is 5.34. The van der Waals surface area contributed by atoms with Gasteiger partial charge in [-0.3, -0.25) is 9.67 Å². The lowest BCUT2D eigenvalue weighted by Gasteiger charge is -2.25. The first kappa shape index (κ1) is 17.9. The van der Waals surface area contributed by atoms with Crippen LogP contribution in [-0.4, -0.2) is 59.4 Å². The van der Waals surface area contributed by atoms with Crippen molar-refractivity contribution in [3.8, 4) is 0 Å². The fraction of sp³-hybridized carbons (Fsp3) is 0.471. The summed E-state index contributed by atoms with van der Waals surface area (Å²) < 4.78 is 1.75. The number of aliphatic imine (C=N–C) groups is 1. The maximum absolute atomic E-state index is 4.27. The Bertz CT molecular complexity index is 633. The Balaban J connectivity index is 1.86. The van der Waals surface area contributed by atoms with Crippen molar-refractivity contribution in [1.29, 1.82) is 0 Å². The average molecular weight is 329 g/mol. The second-order valence-corrected chi connectivity index (χ2v) is 5.91. The van der Waals surface area contributed by atoms with Crippen molar-refractivity contribution in [2.45, 2.75) is 19.0 Å². The molecule has 2 rings (SSSR count). The quantitative estimate of drug-likeness (QED) is 0.577. The fourth-order valence-corrected chi connectivity index (χ4v) is 2.40. The first-order valence-electron chi connectivity index (χ1n) is 8.08. The molecule has 0 amide bonds. The molecule has 0 saturated carbocycles. The highest BCUT2D eigenvalue weighted by Crippen LogP contribution is 2.06. The van der Waals surface area contributed by atoms with Crippen LogP contribution in [0.5, 0.6) is 0 Å². The minimum Gasteiger partial charge on any atom is -0.355 e. The molecule has 0 aliphatic heterocycles. The van der Waals surface area contributed by atoms with E-state index in [9.17, 15) is 0 Å². The Labute approximate surface area is 143 Å². The number of guanidine groups is 1. The highest BCUT2D eigenvalue weighted by molar-refractivity contribution is 5.79. The Hall–Kier alpha value is -2.41. The molecule has 2 aromatic rings. The van der Waals surface area contributed by atoms with Gasteiger partial charge in [0.2, 0.25) is 0 Å². The Morgan fingerprint density at radius 2 is 2.00 bits per heavy atom. The molecule has 0 fully saturated rings. The maximum atomic E-state index is 4.27. The molecule has 1 aromatic heterocycles. The molecule has 1 unspecified atom stereocenters. The third-order valence-electron chi connectivity index (χ3n) is 3.99. The minimum atomic E-state index is 0.376. The molecule has 1 aromatic carbocycles. The van der Waals surface area contributed by atoms with Crippen LogP contribution >= 0.6 is 0 Å². The van der Waals surface area contributed by atoms with Gasteiger partial charge in [0.25, 0.3) is 0 Å². The molecule has 0 aliphatic carbocycles. The van der Waals surface area contributed by atoms with Gasteiger partial charge in [0, 0.05) is 26.7 Å². The number of nitrogens with one attached hydrogen (secondary N) is 2. The van der Waals surface area contributed by atoms with E-state index in [0.29, 0.717) is 12.6 Å². The van der Waals surface area contributed by atoms with Gasteiger partial charge >= 0.3 is 0 Å². The summed E-state index contributed by atoms with van der Waals surface area (Å²) in [6, 6.07) is 10.9. The zero-order valence-corrected chi connectivity index (χ0v) is 14.9. The van der Waals surface area contributed by atoms with Crippen molar-refractivity contribution >= 4 is 5.96 Å². The van der Waals surface area contributed by atoms with Crippen molar-refractivity contribution in [2.24, 2.45) is 12.0 Å². The lowest BCUT2D eigenvalue weighted by Crippen LogP contribution is -2.45. The van der Waals surface area contributed by atoms with Gasteiger partial charge in [-0.1, -0.05) is 30.3 Å². The molecule has 0 bridgehead atoms. The van der Waals surface area contributed by atoms with E-state index >= 15 is 0 Å². The summed E-state index contributed by atoms with van der Waals surface area (Å²) in [6.07, 6.45) is 2.54. The van der Waals surface area contributed by atoms with E-state index in [0.717, 1.165) is 24.7 Å². The number of benzene rings is 1. The Kier molecular flexibility index (Phi) is 6.74. The summed E-state index contributed by atoms with van der Waals surface area (Å²) in [4.78, 5) is 10.7. The van der Waals surface area contributed by atoms with Crippen LogP contribution in [0.1, 0.15) is 11.4 Å². The zero-order chi connectivity index (χ0) is 17.4. The molecule has 0 aliphatic rings. The predicted molar refractivity (Wildman–Crippen MR) is 96.8 cm³/mol. The van der Waals surface area contributed by atoms with Gasteiger partial charge in [-0.15, -0.1) is 0 Å². The molecule has 24 heavy (non-hydrogen) atoms. The molecule has 7 nitrogen and oxygen atoms in total. The lowest BCUT2D eigenvalue weighted by molar-refractivity contribution is 0.290. The molecule has 2 N–H and O–H groups in total. The highest BCUT2D eigenvalue weighted by Gasteiger charge is 2.13. The SMILES string of the molecule is CN=C(NCc1ncnn1C)NCC(Cc1ccccc1)N(C)C. The van der Waals surface area contributed by atoms with Crippen LogP contribution in [0.2, 0.25) is 0 Å². The van der Waals surface area contributed by atoms with Gasteiger partial charge in [-0.05, 0) is 26.1 Å². The first-order valence-corrected chi connectivity index (χ1v) is 8.08. The minimum absolute atomic E-state index is 0.376. The second kappa shape index (κ2) is 9.02. The molecule has 0 spiro atoms. The number of rotatable bonds is 7. The van der Waals surface area contributed by atoms with Crippen molar-refractivity contribution in [1.82, 2.24) is 30.3 Å². The topological polar surface area (TPSA) is 70.4 Å². The van der Waals surface area contributed by atoms with Crippen LogP contribution in [0.25, 0.3) is 0 Å². The molecular formula is C17H27N7. The average Bonchev–Trinajstić information content (AvgIpc) is 2.99. The van der Waals surface area contributed by atoms with Crippen LogP contribution in [0, 0.1) is 0 Å². The van der Waals surface area contributed by atoms with Crippen LogP contribution < -0.4 is 10.6 Å². The normalized spacial score (nSPS) is 13.1. The zero-order valence-electron chi connectivity index (χ0n) is 14.9. The molecular weight excluding hydrogens is 302 g/mol. The lowest BCUT2D eigenvalue weighted by atomic mass is 10.1. The number of nitrogens with zero attached hydrogens (tertiary/aromatic N) is 5. The van der Waals surface area contributed by atoms with E-state index in [4.69, 9.17) is 0 Å². The summed E-state index contributed by atoms with van der Waals surface area (Å²) in [6.45, 7) is 1.39. The Morgan fingerprint density at radius 3 is 2.58 bits per heavy atom. The number of likely N-dealkylation sites (N-methyl/N-ethyl adjacent to an activating group) is 1. The van der Waals surface area contributed by atoms with E-state index in [1.807, 2.05) is 13.1 Å². The smallest absolute Gasteiger partial charge is 0.191 e. The monoisotopic (exact) mass is 329 g/mol. The van der Waals surface area contributed by atoms with Gasteiger partial charge in [-0.2, -0.15) is 5.10 Å². The summed E-state index contributed by atoms with van der Waals surface area (Å²) in [5, 5.41) is 10.7. The summed E-state index contributed by atoms with van der Waals surface area (Å²) in [5.41, 5.74) is 1.33. The third-order valence-corrected chi connectivity index (χ3v) is 3.99. The van der Waals surface area contributed by atoms with Crippen LogP contribution in [-0.2, 0) is 20.0 Å². The summed E-state index contributed by atoms with van der Waals surface area (Å²) >= 11 is 0. The predicted octanol–water partition coefficient (Wildman–Crippen LogP) is 0.653. The largest absolute Gasteiger partial charge is 0.355 e. The number of aromatic nitrogens is 3. The standard InChI is InChI=1S/C17H27N7/c1-18-17(20-12-16-21-13-22-24(16)4)19-11-15(23(2)3)10-14-8-6-5-7-9-14/h5-9,13,15H,10-12H2,1-4H3,(H2,18,19,20). The molecule has 130 valence electrons. The van der Waals surface area contributed by atoms with Gasteiger partial charge in [-0.25, -0.2) is 4.98 Å². The van der Waals surface area contributed by atoms with Crippen LogP contribution in [0.15, 0.2) is 41.7 Å². The van der Waals surface area contributed by atoms with E-state index in [2.05, 4.69) is 69.0 Å². The molecule has 1 heterocycles. The van der Waals surface area contributed by atoms with Gasteiger partial charge < -0.3 is 15.5 Å². The van der Waals surface area contributed by atoms with E-state index in [1.165, 1.54) is 5.56 Å². The first-order chi connectivity index (χ1) is 11.6. The summed E-state index contributed by atoms with van der Waals surface area (Å²) in [5.74, 6) is 1.63. The van der Waals surface area contributed by atoms with Gasteiger partial charge in [0.15, 0.2) is 5.96 Å². The molecule has 0 saturated heterocycles. The highest BCUT2D eigenvalue weighted by atomic mass is 15.3. The van der Waals surface area contributed by atoms with Gasteiger partial charge in [0.05, 0.1) is 6.54 Å². The van der Waals surface area contributed by atoms with E-state index in [-0.39, 0.29) is 0 Å². The van der Waals surface area contributed by atoms with Crippen molar-refractivity contribution in [2.75, 3.05) is 27.7 Å². The van der Waals surface area contributed by atoms with Gasteiger partial charge in [0.1, 0.15) is 12.2 Å². The maximum Gasteiger partial charge on any atom is 0.191 e. The number of hydrogen-bond acceptors (Lipinski definition) is 4. The molecule has 7 heteroatoms. The molecule has 0 radical (unpaired) electrons. The summed E-state index contributed by atoms with van der Waals surface area (Å²) in [7, 11) is 7.85. The van der Waals surface area contributed by atoms with Crippen LogP contribution in [0.3, 0.4) is 0 Å². The van der Waals surface area contributed by atoms with E-state index < -0.39 is 0 Å². The van der Waals surface area contributed by atoms with E-state index in [1.54, 1.807) is 18.1 Å².